The van der Waals surface area contributed by atoms with E-state index in [0.29, 0.717) is 12.7 Å². The molecule has 3 heteroatoms. The molecule has 0 aliphatic carbocycles. The number of ketones is 1. The van der Waals surface area contributed by atoms with Gasteiger partial charge in [0.2, 0.25) is 0 Å². The number of rotatable bonds is 4. The van der Waals surface area contributed by atoms with Gasteiger partial charge in [-0.3, -0.25) is 9.59 Å². The van der Waals surface area contributed by atoms with E-state index in [-0.39, 0.29) is 45.7 Å². The Labute approximate surface area is 87.1 Å². The monoisotopic (exact) mass is 272 g/mol. The van der Waals surface area contributed by atoms with E-state index in [1.54, 1.807) is 0 Å². The van der Waals surface area contributed by atoms with Crippen LogP contribution in [0.5, 0.6) is 0 Å². The molecule has 0 atom stereocenters. The molecule has 0 spiro atoms. The van der Waals surface area contributed by atoms with Crippen LogP contribution in [0.15, 0.2) is 0 Å². The maximum Gasteiger partial charge on any atom is 0.195 e. The zero-order valence-corrected chi connectivity index (χ0v) is 7.64. The number of unbranched alkanes of at least 4 members (excludes halogenated alkanes) is 1. The standard InChI is InChI=1S/C6H10O2.Gd/c1-2-3-4-6(8)5-7;/h5H,2-4H2,1H3;. The molecule has 0 fully saturated rings. The van der Waals surface area contributed by atoms with Crippen molar-refractivity contribution in [3.05, 3.63) is 0 Å². The Morgan fingerprint density at radius 1 is 1.56 bits per heavy atom. The second kappa shape index (κ2) is 8.66. The average Bonchev–Trinajstić information content (AvgIpc) is 1.83. The summed E-state index contributed by atoms with van der Waals surface area (Å²) in [5.41, 5.74) is 0. The fraction of sp³-hybridized carbons (Fsp3) is 0.667. The number of carbonyl (C=O) groups is 2. The molecule has 0 heterocycles. The summed E-state index contributed by atoms with van der Waals surface area (Å²) in [6, 6.07) is 0. The van der Waals surface area contributed by atoms with Crippen LogP contribution in [-0.2, 0) is 9.59 Å². The van der Waals surface area contributed by atoms with Crippen LogP contribution in [-0.4, -0.2) is 12.1 Å². The molecule has 0 amide bonds. The van der Waals surface area contributed by atoms with Gasteiger partial charge < -0.3 is 0 Å². The van der Waals surface area contributed by atoms with E-state index in [4.69, 9.17) is 0 Å². The maximum atomic E-state index is 10.2. The minimum absolute atomic E-state index is 0. The van der Waals surface area contributed by atoms with Gasteiger partial charge in [-0.1, -0.05) is 13.3 Å². The van der Waals surface area contributed by atoms with Crippen LogP contribution in [0.1, 0.15) is 26.2 Å². The molecular formula is C6H10GdO2. The predicted molar refractivity (Wildman–Crippen MR) is 30.6 cm³/mol. The van der Waals surface area contributed by atoms with Crippen molar-refractivity contribution in [1.82, 2.24) is 0 Å². The van der Waals surface area contributed by atoms with E-state index in [2.05, 4.69) is 0 Å². The number of carbonyl (C=O) groups excluding carboxylic acids is 2. The van der Waals surface area contributed by atoms with Crippen molar-refractivity contribution in [1.29, 1.82) is 0 Å². The molecule has 0 saturated heterocycles. The summed E-state index contributed by atoms with van der Waals surface area (Å²) < 4.78 is 0. The molecular weight excluding hydrogens is 261 g/mol. The summed E-state index contributed by atoms with van der Waals surface area (Å²) in [6.45, 7) is 1.98. The largest absolute Gasteiger partial charge is 0.295 e. The van der Waals surface area contributed by atoms with Gasteiger partial charge in [0.25, 0.3) is 0 Å². The summed E-state index contributed by atoms with van der Waals surface area (Å²) in [5.74, 6) is -0.285. The van der Waals surface area contributed by atoms with Gasteiger partial charge in [-0.15, -0.1) is 0 Å². The Hall–Kier alpha value is 0.665. The fourth-order valence-corrected chi connectivity index (χ4v) is 0.410. The van der Waals surface area contributed by atoms with Gasteiger partial charge >= 0.3 is 0 Å². The van der Waals surface area contributed by atoms with Crippen molar-refractivity contribution in [2.24, 2.45) is 0 Å². The summed E-state index contributed by atoms with van der Waals surface area (Å²) in [5, 5.41) is 0. The molecule has 0 rings (SSSR count). The normalized spacial score (nSPS) is 7.67. The van der Waals surface area contributed by atoms with Gasteiger partial charge in [0.15, 0.2) is 12.1 Å². The third-order valence-corrected chi connectivity index (χ3v) is 0.908. The Morgan fingerprint density at radius 2 is 2.11 bits per heavy atom. The van der Waals surface area contributed by atoms with Crippen LogP contribution in [0, 0.1) is 39.9 Å². The van der Waals surface area contributed by atoms with Crippen LogP contribution in [0.3, 0.4) is 0 Å². The molecule has 0 aliphatic rings. The number of Topliss-reactive ketones (excluding diaryl/α,β-unsaturated/α-hetero) is 1. The molecule has 0 aromatic rings. The molecule has 0 N–H and O–H groups in total. The minimum Gasteiger partial charge on any atom is -0.295 e. The summed E-state index contributed by atoms with van der Waals surface area (Å²) in [6.07, 6.45) is 2.60. The zero-order valence-electron chi connectivity index (χ0n) is 5.37. The van der Waals surface area contributed by atoms with Crippen molar-refractivity contribution >= 4 is 12.1 Å². The third-order valence-electron chi connectivity index (χ3n) is 0.908. The second-order valence-electron chi connectivity index (χ2n) is 1.69. The first kappa shape index (κ1) is 12.4. The van der Waals surface area contributed by atoms with Gasteiger partial charge in [0, 0.05) is 46.4 Å². The Bertz CT molecular complexity index is 91.1. The summed E-state index contributed by atoms with van der Waals surface area (Å²) in [7, 11) is 0. The molecule has 0 unspecified atom stereocenters. The van der Waals surface area contributed by atoms with E-state index in [1.807, 2.05) is 6.92 Å². The first-order chi connectivity index (χ1) is 3.81. The first-order valence-electron chi connectivity index (χ1n) is 2.79. The molecule has 2 nitrogen and oxygen atoms in total. The van der Waals surface area contributed by atoms with Crippen LogP contribution >= 0.6 is 0 Å². The average molecular weight is 271 g/mol. The van der Waals surface area contributed by atoms with Crippen LogP contribution < -0.4 is 0 Å². The summed E-state index contributed by atoms with van der Waals surface area (Å²) in [4.78, 5) is 19.9. The number of aldehydes is 1. The smallest absolute Gasteiger partial charge is 0.195 e. The van der Waals surface area contributed by atoms with E-state index >= 15 is 0 Å². The topological polar surface area (TPSA) is 34.1 Å². The van der Waals surface area contributed by atoms with Gasteiger partial charge in [-0.2, -0.15) is 0 Å². The first-order valence-corrected chi connectivity index (χ1v) is 2.79. The molecule has 0 saturated carbocycles. The van der Waals surface area contributed by atoms with E-state index < -0.39 is 0 Å². The van der Waals surface area contributed by atoms with Gasteiger partial charge in [-0.05, 0) is 6.42 Å². The number of hydrogen-bond donors (Lipinski definition) is 0. The zero-order chi connectivity index (χ0) is 6.41. The Balaban J connectivity index is 0. The third kappa shape index (κ3) is 8.66. The Morgan fingerprint density at radius 3 is 2.44 bits per heavy atom. The second-order valence-corrected chi connectivity index (χ2v) is 1.69. The van der Waals surface area contributed by atoms with Gasteiger partial charge in [0.1, 0.15) is 0 Å². The maximum absolute atomic E-state index is 10.2. The predicted octanol–water partition coefficient (Wildman–Crippen LogP) is 0.945. The number of hydrogen-bond acceptors (Lipinski definition) is 2. The van der Waals surface area contributed by atoms with Crippen molar-refractivity contribution < 1.29 is 49.5 Å². The van der Waals surface area contributed by atoms with E-state index in [1.165, 1.54) is 0 Å². The van der Waals surface area contributed by atoms with Crippen molar-refractivity contribution in [2.45, 2.75) is 26.2 Å². The molecule has 0 bridgehead atoms. The molecule has 9 heavy (non-hydrogen) atoms. The summed E-state index contributed by atoms with van der Waals surface area (Å²) >= 11 is 0. The SMILES string of the molecule is CCCCC(=O)C=O.[Gd]. The van der Waals surface area contributed by atoms with Crippen molar-refractivity contribution in [2.75, 3.05) is 0 Å². The van der Waals surface area contributed by atoms with Crippen LogP contribution in [0.4, 0.5) is 0 Å². The van der Waals surface area contributed by atoms with E-state index in [0.717, 1.165) is 12.8 Å². The van der Waals surface area contributed by atoms with Gasteiger partial charge in [0.05, 0.1) is 0 Å². The van der Waals surface area contributed by atoms with Crippen molar-refractivity contribution in [3.8, 4) is 0 Å². The van der Waals surface area contributed by atoms with Crippen LogP contribution in [0.25, 0.3) is 0 Å². The Kier molecular flexibility index (Phi) is 11.9. The van der Waals surface area contributed by atoms with Crippen LogP contribution in [0.2, 0.25) is 0 Å². The molecule has 54 valence electrons. The van der Waals surface area contributed by atoms with Crippen molar-refractivity contribution in [3.63, 3.8) is 0 Å². The molecule has 0 aliphatic heterocycles. The molecule has 0 aromatic heterocycles. The molecule has 0 aromatic carbocycles. The quantitative estimate of drug-likeness (QED) is 0.563. The molecule has 0 radical (unpaired) electrons. The fourth-order valence-electron chi connectivity index (χ4n) is 0.410. The van der Waals surface area contributed by atoms with E-state index in [9.17, 15) is 9.59 Å². The minimum atomic E-state index is -0.285. The van der Waals surface area contributed by atoms with Gasteiger partial charge in [-0.25, -0.2) is 0 Å².